The van der Waals surface area contributed by atoms with Gasteiger partial charge in [0, 0.05) is 47.5 Å². The van der Waals surface area contributed by atoms with E-state index >= 15 is 0 Å². The van der Waals surface area contributed by atoms with Crippen molar-refractivity contribution in [2.24, 2.45) is 0 Å². The molecule has 252 valence electrons. The maximum Gasteiger partial charge on any atom is 0.210 e. The highest BCUT2D eigenvalue weighted by Gasteiger charge is 2.45. The van der Waals surface area contributed by atoms with Gasteiger partial charge in [0.15, 0.2) is 5.71 Å². The summed E-state index contributed by atoms with van der Waals surface area (Å²) in [4.78, 5) is 2.57. The number of fused-ring (bicyclic) bond motifs is 6. The van der Waals surface area contributed by atoms with Crippen molar-refractivity contribution in [1.82, 2.24) is 0 Å². The Morgan fingerprint density at radius 2 is 1.31 bits per heavy atom. The highest BCUT2D eigenvalue weighted by molar-refractivity contribution is 6.07. The Kier molecular flexibility index (Phi) is 10.6. The Balaban J connectivity index is 0.000000840. The van der Waals surface area contributed by atoms with E-state index in [1.54, 1.807) is 0 Å². The molecule has 2 aliphatic heterocycles. The average molecular weight is 668 g/mol. The smallest absolute Gasteiger partial charge is 0.210 e. The van der Waals surface area contributed by atoms with Gasteiger partial charge in [-0.05, 0) is 65.6 Å². The van der Waals surface area contributed by atoms with Gasteiger partial charge < -0.3 is 4.90 Å². The molecule has 0 spiro atoms. The van der Waals surface area contributed by atoms with Gasteiger partial charge in [0.2, 0.25) is 5.69 Å². The van der Waals surface area contributed by atoms with Crippen LogP contribution in [0, 0.1) is 10.2 Å². The van der Waals surface area contributed by atoms with Gasteiger partial charge >= 0.3 is 0 Å². The Bertz CT molecular complexity index is 1910. The summed E-state index contributed by atoms with van der Waals surface area (Å²) in [5.74, 6) is 0. The molecule has 0 amide bonds. The molecule has 2 heterocycles. The third-order valence-electron chi connectivity index (χ3n) is 9.71. The first-order valence-electron chi connectivity index (χ1n) is 17.0. The van der Waals surface area contributed by atoms with Crippen molar-refractivity contribution in [3.05, 3.63) is 120 Å². The molecule has 0 saturated heterocycles. The molecule has 2 aliphatic rings. The van der Waals surface area contributed by atoms with Crippen LogP contribution >= 0.6 is 0 Å². The second-order valence-electron chi connectivity index (χ2n) is 13.7. The predicted octanol–water partition coefficient (Wildman–Crippen LogP) is 6.64. The van der Waals surface area contributed by atoms with Crippen molar-refractivity contribution in [1.29, 1.82) is 0 Å². The molecule has 4 aromatic rings. The molecule has 0 aromatic heterocycles. The van der Waals surface area contributed by atoms with Gasteiger partial charge in [-0.3, -0.25) is 0 Å². The van der Waals surface area contributed by atoms with Crippen LogP contribution in [0.1, 0.15) is 78.4 Å². The van der Waals surface area contributed by atoms with E-state index in [2.05, 4.69) is 154 Å². The molecule has 7 heteroatoms. The van der Waals surface area contributed by atoms with E-state index in [1.807, 2.05) is 0 Å². The van der Waals surface area contributed by atoms with Crippen LogP contribution in [-0.2, 0) is 10.8 Å². The SMILES string of the molecule is CCCCN1/C(=C/C=C/C=C/C2=[N+](CCCC)c3ccc4ccccc4c3C2(C)C)C(C)(C)c2c1ccc1ccccc21.[O-][Cl+3]([O-])([O-])O. The number of halogens is 1. The highest BCUT2D eigenvalue weighted by atomic mass is 35.7. The molecule has 1 N–H and O–H groups in total. The minimum Gasteiger partial charge on any atom is -0.344 e. The maximum atomic E-state index is 8.60. The quantitative estimate of drug-likeness (QED) is 0.160. The molecule has 48 heavy (non-hydrogen) atoms. The van der Waals surface area contributed by atoms with Crippen LogP contribution in [0.15, 0.2) is 109 Å². The minimum absolute atomic E-state index is 0.0696. The van der Waals surface area contributed by atoms with Gasteiger partial charge in [0.05, 0.1) is 20.3 Å². The zero-order valence-electron chi connectivity index (χ0n) is 29.0. The molecule has 0 aliphatic carbocycles. The standard InChI is InChI=1S/C41H47N2.ClHO4/c1-7-9-28-42-34-26-24-30-18-14-16-20-32(30)38(34)40(3,4)36(42)22-12-11-13-23-37-41(5,6)39-33-21-17-15-19-31(33)25-27-35(39)43(37)29-10-8-2;2-1(3,4)5/h11-27H,7-10,28-29H2,1-6H3;(H,2,3,4,5)/q+1;. The fraction of sp³-hybridized carbons (Fsp3) is 0.341. The van der Waals surface area contributed by atoms with Crippen LogP contribution in [0.5, 0.6) is 0 Å². The number of benzene rings is 4. The van der Waals surface area contributed by atoms with Gasteiger partial charge in [-0.2, -0.15) is 18.6 Å². The maximum absolute atomic E-state index is 8.60. The summed E-state index contributed by atoms with van der Waals surface area (Å²) in [6.07, 6.45) is 16.2. The fourth-order valence-corrected chi connectivity index (χ4v) is 7.54. The lowest BCUT2D eigenvalue weighted by molar-refractivity contribution is -1.92. The van der Waals surface area contributed by atoms with Gasteiger partial charge in [-0.1, -0.05) is 113 Å². The van der Waals surface area contributed by atoms with Crippen molar-refractivity contribution in [2.45, 2.75) is 78.1 Å². The van der Waals surface area contributed by atoms with E-state index in [1.165, 1.54) is 81.1 Å². The summed E-state index contributed by atoms with van der Waals surface area (Å²) in [7, 11) is -4.69. The second kappa shape index (κ2) is 14.4. The number of allylic oxidation sites excluding steroid dienone is 6. The first-order chi connectivity index (χ1) is 22.8. The Labute approximate surface area is 287 Å². The number of anilines is 1. The Morgan fingerprint density at radius 3 is 1.94 bits per heavy atom. The van der Waals surface area contributed by atoms with Gasteiger partial charge in [0.25, 0.3) is 0 Å². The van der Waals surface area contributed by atoms with Crippen LogP contribution < -0.4 is 18.9 Å². The molecule has 0 unspecified atom stereocenters. The number of unbranched alkanes of at least 4 members (excludes halogenated alkanes) is 2. The number of rotatable bonds is 9. The molecule has 0 atom stereocenters. The van der Waals surface area contributed by atoms with Crippen molar-refractivity contribution in [2.75, 3.05) is 18.0 Å². The zero-order chi connectivity index (χ0) is 34.7. The van der Waals surface area contributed by atoms with Crippen LogP contribution in [-0.4, -0.2) is 28.0 Å². The molecule has 4 aromatic carbocycles. The van der Waals surface area contributed by atoms with E-state index in [4.69, 9.17) is 18.6 Å². The number of hydrogen-bond acceptors (Lipinski definition) is 5. The summed E-state index contributed by atoms with van der Waals surface area (Å²) >= 11 is 0. The number of hydrogen-bond donors (Lipinski definition) is 1. The van der Waals surface area contributed by atoms with E-state index in [0.29, 0.717) is 0 Å². The molecule has 0 saturated carbocycles. The average Bonchev–Trinajstić information content (AvgIpc) is 3.40. The lowest BCUT2D eigenvalue weighted by Gasteiger charge is -2.27. The van der Waals surface area contributed by atoms with Crippen LogP contribution in [0.4, 0.5) is 11.4 Å². The Morgan fingerprint density at radius 1 is 0.729 bits per heavy atom. The molecule has 0 bridgehead atoms. The summed E-state index contributed by atoms with van der Waals surface area (Å²) in [5.41, 5.74) is 8.27. The molecule has 6 rings (SSSR count). The predicted molar refractivity (Wildman–Crippen MR) is 189 cm³/mol. The molecule has 0 radical (unpaired) electrons. The minimum atomic E-state index is -4.69. The normalized spacial score (nSPS) is 17.5. The zero-order valence-corrected chi connectivity index (χ0v) is 29.8. The first-order valence-corrected chi connectivity index (χ1v) is 18.2. The summed E-state index contributed by atoms with van der Waals surface area (Å²) in [5, 5.41) is 5.39. The van der Waals surface area contributed by atoms with Crippen molar-refractivity contribution < 1.29 is 33.5 Å². The third-order valence-corrected chi connectivity index (χ3v) is 9.71. The molecular weight excluding hydrogens is 620 g/mol. The fourth-order valence-electron chi connectivity index (χ4n) is 7.54. The van der Waals surface area contributed by atoms with Crippen LogP contribution in [0.2, 0.25) is 0 Å². The van der Waals surface area contributed by atoms with E-state index in [-0.39, 0.29) is 10.8 Å². The van der Waals surface area contributed by atoms with Crippen molar-refractivity contribution in [3.63, 3.8) is 0 Å². The van der Waals surface area contributed by atoms with E-state index in [0.717, 1.165) is 13.1 Å². The largest absolute Gasteiger partial charge is 0.344 e. The van der Waals surface area contributed by atoms with Crippen molar-refractivity contribution >= 4 is 38.6 Å². The van der Waals surface area contributed by atoms with Crippen molar-refractivity contribution in [3.8, 4) is 0 Å². The molecular formula is C41H48ClN2O4+. The topological polar surface area (TPSA) is 95.7 Å². The highest BCUT2D eigenvalue weighted by Crippen LogP contribution is 2.51. The summed E-state index contributed by atoms with van der Waals surface area (Å²) in [6, 6.07) is 27.0. The van der Waals surface area contributed by atoms with Gasteiger partial charge in [-0.25, -0.2) is 0 Å². The van der Waals surface area contributed by atoms with Gasteiger partial charge in [-0.15, -0.1) is 0 Å². The first kappa shape index (κ1) is 35.5. The van der Waals surface area contributed by atoms with Crippen LogP contribution in [0.3, 0.4) is 0 Å². The van der Waals surface area contributed by atoms with Crippen LogP contribution in [0.25, 0.3) is 21.5 Å². The number of nitrogens with zero attached hydrogens (tertiary/aromatic N) is 2. The monoisotopic (exact) mass is 667 g/mol. The molecule has 6 nitrogen and oxygen atoms in total. The van der Waals surface area contributed by atoms with E-state index in [9.17, 15) is 0 Å². The van der Waals surface area contributed by atoms with Gasteiger partial charge in [0.1, 0.15) is 6.54 Å². The third kappa shape index (κ3) is 7.14. The lowest BCUT2D eigenvalue weighted by Crippen LogP contribution is -2.58. The summed E-state index contributed by atoms with van der Waals surface area (Å²) < 4.78 is 35.3. The second-order valence-corrected chi connectivity index (χ2v) is 14.5. The van der Waals surface area contributed by atoms with E-state index < -0.39 is 10.2 Å². The Hall–Kier alpha value is -3.78. The summed E-state index contributed by atoms with van der Waals surface area (Å²) in [6.45, 7) is 16.2. The molecule has 0 fully saturated rings. The lowest BCUT2D eigenvalue weighted by atomic mass is 9.79.